The van der Waals surface area contributed by atoms with E-state index >= 15 is 0 Å². The van der Waals surface area contributed by atoms with E-state index in [9.17, 15) is 9.90 Å². The van der Waals surface area contributed by atoms with Gasteiger partial charge in [-0.05, 0) is 12.8 Å². The summed E-state index contributed by atoms with van der Waals surface area (Å²) in [7, 11) is 1.51. The van der Waals surface area contributed by atoms with E-state index in [-0.39, 0.29) is 12.1 Å². The number of anilines is 1. The number of carbonyl (C=O) groups is 1. The number of amides is 2. The van der Waals surface area contributed by atoms with Crippen LogP contribution in [0.25, 0.3) is 10.3 Å². The molecule has 1 fully saturated rings. The molecule has 0 aromatic carbocycles. The molecule has 0 saturated carbocycles. The van der Waals surface area contributed by atoms with Crippen LogP contribution >= 0.6 is 11.3 Å². The number of thiazole rings is 1. The van der Waals surface area contributed by atoms with Gasteiger partial charge in [0.15, 0.2) is 15.5 Å². The molecule has 2 aromatic heterocycles. The van der Waals surface area contributed by atoms with Crippen LogP contribution in [0, 0.1) is 0 Å². The quantitative estimate of drug-likeness (QED) is 0.776. The molecule has 9 nitrogen and oxygen atoms in total. The maximum absolute atomic E-state index is 12.6. The molecule has 4 rings (SSSR count). The van der Waals surface area contributed by atoms with Crippen LogP contribution in [-0.2, 0) is 0 Å². The first kappa shape index (κ1) is 17.8. The largest absolute Gasteiger partial charge is 0.479 e. The van der Waals surface area contributed by atoms with Gasteiger partial charge in [0.2, 0.25) is 5.88 Å². The summed E-state index contributed by atoms with van der Waals surface area (Å²) in [6.07, 6.45) is 8.95. The fourth-order valence-corrected chi connectivity index (χ4v) is 4.10. The molecule has 1 saturated heterocycles. The fraction of sp³-hybridized carbons (Fsp3) is 0.471. The summed E-state index contributed by atoms with van der Waals surface area (Å²) in [5.41, 5.74) is -0.376. The molecule has 0 aliphatic carbocycles. The predicted octanol–water partition coefficient (Wildman–Crippen LogP) is 1.85. The van der Waals surface area contributed by atoms with Gasteiger partial charge in [0.05, 0.1) is 18.8 Å². The Morgan fingerprint density at radius 1 is 1.41 bits per heavy atom. The first-order chi connectivity index (χ1) is 13.1. The highest BCUT2D eigenvalue weighted by Gasteiger charge is 2.40. The van der Waals surface area contributed by atoms with E-state index in [0.29, 0.717) is 47.3 Å². The molecule has 2 N–H and O–H groups in total. The van der Waals surface area contributed by atoms with Gasteiger partial charge in [0.25, 0.3) is 0 Å². The Morgan fingerprint density at radius 3 is 2.93 bits per heavy atom. The molecule has 142 valence electrons. The third kappa shape index (κ3) is 3.50. The van der Waals surface area contributed by atoms with Gasteiger partial charge in [-0.25, -0.2) is 14.8 Å². The maximum Gasteiger partial charge on any atom is 0.323 e. The molecule has 27 heavy (non-hydrogen) atoms. The fourth-order valence-electron chi connectivity index (χ4n) is 3.31. The highest BCUT2D eigenvalue weighted by Crippen LogP contribution is 2.31. The van der Waals surface area contributed by atoms with Crippen LogP contribution in [0.3, 0.4) is 0 Å². The standard InChI is InChI=1S/C17H20N6O3S/c1-26-13-12-14(20-10-19-13)27-15(21-12)22-16(24)23-8-5-17(25,6-9-23)11-4-2-3-7-18-11/h2,4,7,10-11,25H,3,5-6,8-9H2,1H3,(H,21,22,24). The number of hydrogen-bond acceptors (Lipinski definition) is 8. The molecule has 2 amide bonds. The van der Waals surface area contributed by atoms with Crippen molar-refractivity contribution in [2.45, 2.75) is 30.9 Å². The van der Waals surface area contributed by atoms with Crippen molar-refractivity contribution in [3.8, 4) is 5.88 Å². The minimum atomic E-state index is -0.900. The Kier molecular flexibility index (Phi) is 4.75. The van der Waals surface area contributed by atoms with Crippen LogP contribution in [0.15, 0.2) is 23.5 Å². The number of fused-ring (bicyclic) bond motifs is 1. The van der Waals surface area contributed by atoms with Crippen molar-refractivity contribution in [2.24, 2.45) is 4.99 Å². The second kappa shape index (κ2) is 7.20. The number of likely N-dealkylation sites (tertiary alicyclic amines) is 1. The van der Waals surface area contributed by atoms with Crippen molar-refractivity contribution >= 4 is 39.1 Å². The average molecular weight is 388 g/mol. The van der Waals surface area contributed by atoms with Gasteiger partial charge in [-0.15, -0.1) is 0 Å². The van der Waals surface area contributed by atoms with Crippen LogP contribution < -0.4 is 10.1 Å². The molecule has 0 bridgehead atoms. The number of piperidine rings is 1. The number of urea groups is 1. The number of allylic oxidation sites excluding steroid dienone is 1. The van der Waals surface area contributed by atoms with Crippen LogP contribution in [0.1, 0.15) is 19.3 Å². The highest BCUT2D eigenvalue weighted by atomic mass is 32.1. The summed E-state index contributed by atoms with van der Waals surface area (Å²) < 4.78 is 5.17. The molecule has 2 aromatic rings. The van der Waals surface area contributed by atoms with E-state index < -0.39 is 5.60 Å². The number of aromatic nitrogens is 3. The average Bonchev–Trinajstić information content (AvgIpc) is 3.11. The molecule has 0 radical (unpaired) electrons. The van der Waals surface area contributed by atoms with Crippen LogP contribution in [-0.4, -0.2) is 69.0 Å². The smallest absolute Gasteiger partial charge is 0.323 e. The number of ether oxygens (including phenoxy) is 1. The molecule has 1 atom stereocenters. The lowest BCUT2D eigenvalue weighted by molar-refractivity contribution is -0.0202. The lowest BCUT2D eigenvalue weighted by Gasteiger charge is -2.40. The zero-order chi connectivity index (χ0) is 18.9. The van der Waals surface area contributed by atoms with E-state index in [1.165, 1.54) is 24.8 Å². The first-order valence-corrected chi connectivity index (χ1v) is 9.53. The van der Waals surface area contributed by atoms with Gasteiger partial charge in [0.1, 0.15) is 6.33 Å². The second-order valence-corrected chi connectivity index (χ2v) is 7.49. The number of hydrogen-bond donors (Lipinski definition) is 2. The Balaban J connectivity index is 1.40. The number of aliphatic imine (C=N–C) groups is 1. The minimum Gasteiger partial charge on any atom is -0.479 e. The third-order valence-corrected chi connectivity index (χ3v) is 5.74. The highest BCUT2D eigenvalue weighted by molar-refractivity contribution is 7.22. The van der Waals surface area contributed by atoms with Crippen LogP contribution in [0.5, 0.6) is 5.88 Å². The SMILES string of the molecule is COc1ncnc2sc(NC(=O)N3CCC(O)(C4C=CCC=N4)CC3)nc12. The number of carbonyl (C=O) groups excluding carboxylic acids is 1. The van der Waals surface area contributed by atoms with Crippen molar-refractivity contribution in [3.63, 3.8) is 0 Å². The van der Waals surface area contributed by atoms with E-state index in [2.05, 4.69) is 25.3 Å². The van der Waals surface area contributed by atoms with Gasteiger partial charge in [-0.1, -0.05) is 23.5 Å². The first-order valence-electron chi connectivity index (χ1n) is 8.71. The zero-order valence-corrected chi connectivity index (χ0v) is 15.6. The number of aliphatic hydroxyl groups is 1. The molecule has 1 unspecified atom stereocenters. The number of rotatable bonds is 3. The van der Waals surface area contributed by atoms with Gasteiger partial charge < -0.3 is 14.7 Å². The van der Waals surface area contributed by atoms with Gasteiger partial charge >= 0.3 is 6.03 Å². The number of dihydropyridines is 1. The molecule has 0 spiro atoms. The lowest BCUT2D eigenvalue weighted by atomic mass is 9.83. The van der Waals surface area contributed by atoms with Crippen molar-refractivity contribution in [1.82, 2.24) is 19.9 Å². The summed E-state index contributed by atoms with van der Waals surface area (Å²) in [6.45, 7) is 0.909. The van der Waals surface area contributed by atoms with Crippen molar-refractivity contribution in [2.75, 3.05) is 25.5 Å². The van der Waals surface area contributed by atoms with Crippen molar-refractivity contribution < 1.29 is 14.6 Å². The number of methoxy groups -OCH3 is 1. The van der Waals surface area contributed by atoms with E-state index in [1.54, 1.807) is 4.90 Å². The third-order valence-electron chi connectivity index (χ3n) is 4.86. The monoisotopic (exact) mass is 388 g/mol. The van der Waals surface area contributed by atoms with Crippen LogP contribution in [0.4, 0.5) is 9.93 Å². The maximum atomic E-state index is 12.6. The van der Waals surface area contributed by atoms with Crippen molar-refractivity contribution in [3.05, 3.63) is 18.5 Å². The van der Waals surface area contributed by atoms with Gasteiger partial charge in [-0.2, -0.15) is 4.98 Å². The van der Waals surface area contributed by atoms with Crippen LogP contribution in [0.2, 0.25) is 0 Å². The summed E-state index contributed by atoms with van der Waals surface area (Å²) in [5.74, 6) is 0.376. The summed E-state index contributed by atoms with van der Waals surface area (Å²) in [4.78, 5) is 31.8. The zero-order valence-electron chi connectivity index (χ0n) is 14.8. The van der Waals surface area contributed by atoms with Gasteiger partial charge in [0, 0.05) is 25.7 Å². The van der Waals surface area contributed by atoms with E-state index in [0.717, 1.165) is 6.42 Å². The number of nitrogens with one attached hydrogen (secondary N) is 1. The summed E-state index contributed by atoms with van der Waals surface area (Å²) in [6, 6.07) is -0.475. The van der Waals surface area contributed by atoms with Crippen molar-refractivity contribution in [1.29, 1.82) is 0 Å². The van der Waals surface area contributed by atoms with E-state index in [1.807, 2.05) is 18.4 Å². The Morgan fingerprint density at radius 2 is 2.22 bits per heavy atom. The predicted molar refractivity (Wildman–Crippen MR) is 103 cm³/mol. The summed E-state index contributed by atoms with van der Waals surface area (Å²) in [5, 5.41) is 14.1. The topological polar surface area (TPSA) is 113 Å². The Labute approximate surface area is 159 Å². The molecule has 4 heterocycles. The van der Waals surface area contributed by atoms with E-state index in [4.69, 9.17) is 4.74 Å². The minimum absolute atomic E-state index is 0.230. The second-order valence-electron chi connectivity index (χ2n) is 6.52. The molecular formula is C17H20N6O3S. The Hall–Kier alpha value is -2.59. The molecule has 2 aliphatic heterocycles. The molecule has 2 aliphatic rings. The normalized spacial score (nSPS) is 21.4. The molecule has 10 heteroatoms. The lowest BCUT2D eigenvalue weighted by Crippen LogP contribution is -2.52. The van der Waals surface area contributed by atoms with Gasteiger partial charge in [-0.3, -0.25) is 10.3 Å². The number of nitrogens with zero attached hydrogens (tertiary/aromatic N) is 5. The molecular weight excluding hydrogens is 368 g/mol. The Bertz CT molecular complexity index is 891. The summed E-state index contributed by atoms with van der Waals surface area (Å²) >= 11 is 1.26.